The van der Waals surface area contributed by atoms with Gasteiger partial charge in [0.1, 0.15) is 6.61 Å². The highest BCUT2D eigenvalue weighted by atomic mass is 16.5. The molecule has 186 valence electrons. The Bertz CT molecular complexity index is 1420. The Morgan fingerprint density at radius 1 is 0.811 bits per heavy atom. The minimum Gasteiger partial charge on any atom is -0.493 e. The van der Waals surface area contributed by atoms with Gasteiger partial charge in [-0.3, -0.25) is 0 Å². The van der Waals surface area contributed by atoms with Crippen LogP contribution >= 0.6 is 0 Å². The first-order valence-electron chi connectivity index (χ1n) is 12.3. The molecule has 2 unspecified atom stereocenters. The molecule has 0 amide bonds. The zero-order valence-electron chi connectivity index (χ0n) is 20.8. The van der Waals surface area contributed by atoms with Crippen LogP contribution in [-0.4, -0.2) is 24.9 Å². The molecular weight excluding hydrogens is 464 g/mol. The number of ether oxygens (including phenoxy) is 4. The molecular formula is C31H28N2O4. The number of hydrogen-bond donors (Lipinski definition) is 0. The van der Waals surface area contributed by atoms with Gasteiger partial charge >= 0.3 is 0 Å². The lowest BCUT2D eigenvalue weighted by Gasteiger charge is -2.38. The molecule has 2 atom stereocenters. The highest BCUT2D eigenvalue weighted by Gasteiger charge is 2.42. The molecule has 2 aliphatic heterocycles. The van der Waals surface area contributed by atoms with Crippen LogP contribution in [0.3, 0.4) is 0 Å². The van der Waals surface area contributed by atoms with Crippen LogP contribution < -0.4 is 18.9 Å². The average Bonchev–Trinajstić information content (AvgIpc) is 3.42. The van der Waals surface area contributed by atoms with Crippen molar-refractivity contribution in [2.24, 2.45) is 5.10 Å². The summed E-state index contributed by atoms with van der Waals surface area (Å²) in [6.45, 7) is 0.458. The Kier molecular flexibility index (Phi) is 6.15. The molecule has 6 rings (SSSR count). The SMILES string of the molecule is COc1cc(C2Oc3c(OC)cccc3C3CC(c4ccccc4)=NN32)ccc1OCc1ccccc1. The standard InChI is InChI=1S/C31H28N2O4/c1-34-28-15-9-14-24-26-19-25(22-12-7-4-8-13-22)32-33(26)31(37-30(24)28)23-16-17-27(29(18-23)35-2)36-20-21-10-5-3-6-11-21/h3-18,26,31H,19-20H2,1-2H3. The topological polar surface area (TPSA) is 52.5 Å². The van der Waals surface area contributed by atoms with E-state index in [-0.39, 0.29) is 6.04 Å². The van der Waals surface area contributed by atoms with E-state index in [4.69, 9.17) is 24.0 Å². The maximum absolute atomic E-state index is 6.60. The van der Waals surface area contributed by atoms with Gasteiger partial charge in [-0.2, -0.15) is 5.10 Å². The molecule has 37 heavy (non-hydrogen) atoms. The largest absolute Gasteiger partial charge is 0.493 e. The zero-order chi connectivity index (χ0) is 25.2. The molecule has 0 saturated carbocycles. The van der Waals surface area contributed by atoms with E-state index in [9.17, 15) is 0 Å². The van der Waals surface area contributed by atoms with Crippen LogP contribution in [0.4, 0.5) is 0 Å². The van der Waals surface area contributed by atoms with Crippen molar-refractivity contribution in [1.82, 2.24) is 5.01 Å². The van der Waals surface area contributed by atoms with E-state index >= 15 is 0 Å². The number of benzene rings is 4. The molecule has 0 bridgehead atoms. The van der Waals surface area contributed by atoms with E-state index in [1.54, 1.807) is 14.2 Å². The van der Waals surface area contributed by atoms with Crippen LogP contribution in [-0.2, 0) is 6.61 Å². The van der Waals surface area contributed by atoms with Crippen LogP contribution in [0.25, 0.3) is 0 Å². The van der Waals surface area contributed by atoms with Crippen LogP contribution in [0.5, 0.6) is 23.0 Å². The van der Waals surface area contributed by atoms with E-state index in [0.717, 1.165) is 40.1 Å². The van der Waals surface area contributed by atoms with Crippen LogP contribution in [0.1, 0.15) is 40.9 Å². The predicted octanol–water partition coefficient (Wildman–Crippen LogP) is 6.53. The predicted molar refractivity (Wildman–Crippen MR) is 142 cm³/mol. The molecule has 0 fully saturated rings. The number of nitrogens with zero attached hydrogens (tertiary/aromatic N) is 2. The monoisotopic (exact) mass is 492 g/mol. The minimum atomic E-state index is -0.452. The fourth-order valence-electron chi connectivity index (χ4n) is 4.96. The third-order valence-electron chi connectivity index (χ3n) is 6.82. The molecule has 6 nitrogen and oxygen atoms in total. The number of hydrogen-bond acceptors (Lipinski definition) is 6. The van der Waals surface area contributed by atoms with Gasteiger partial charge in [-0.05, 0) is 35.4 Å². The van der Waals surface area contributed by atoms with Crippen molar-refractivity contribution in [2.45, 2.75) is 25.3 Å². The lowest BCUT2D eigenvalue weighted by molar-refractivity contribution is -0.0210. The molecule has 0 aliphatic carbocycles. The molecule has 4 aromatic rings. The zero-order valence-corrected chi connectivity index (χ0v) is 20.8. The molecule has 0 saturated heterocycles. The quantitative estimate of drug-likeness (QED) is 0.294. The number of hydrazone groups is 1. The van der Waals surface area contributed by atoms with Gasteiger partial charge in [0.2, 0.25) is 6.23 Å². The van der Waals surface area contributed by atoms with Gasteiger partial charge in [-0.15, -0.1) is 0 Å². The third kappa shape index (κ3) is 4.35. The maximum atomic E-state index is 6.60. The molecule has 6 heteroatoms. The number of fused-ring (bicyclic) bond motifs is 3. The molecule has 4 aromatic carbocycles. The average molecular weight is 493 g/mol. The van der Waals surface area contributed by atoms with Crippen LogP contribution in [0.2, 0.25) is 0 Å². The van der Waals surface area contributed by atoms with E-state index in [1.165, 1.54) is 0 Å². The van der Waals surface area contributed by atoms with Crippen molar-refractivity contribution in [3.8, 4) is 23.0 Å². The second-order valence-electron chi connectivity index (χ2n) is 9.05. The third-order valence-corrected chi connectivity index (χ3v) is 6.82. The van der Waals surface area contributed by atoms with Gasteiger partial charge in [0.25, 0.3) is 0 Å². The van der Waals surface area contributed by atoms with Gasteiger partial charge in [0, 0.05) is 17.5 Å². The fraction of sp³-hybridized carbons (Fsp3) is 0.194. The minimum absolute atomic E-state index is 0.0269. The van der Waals surface area contributed by atoms with Crippen molar-refractivity contribution in [3.05, 3.63) is 119 Å². The Labute approximate surface area is 216 Å². The summed E-state index contributed by atoms with van der Waals surface area (Å²) in [5, 5.41) is 7.12. The second kappa shape index (κ2) is 9.90. The molecule has 0 radical (unpaired) electrons. The fourth-order valence-corrected chi connectivity index (χ4v) is 4.96. The Morgan fingerprint density at radius 2 is 1.57 bits per heavy atom. The van der Waals surface area contributed by atoms with Crippen molar-refractivity contribution < 1.29 is 18.9 Å². The lowest BCUT2D eigenvalue weighted by atomic mass is 9.95. The van der Waals surface area contributed by atoms with E-state index in [1.807, 2.05) is 78.9 Å². The highest BCUT2D eigenvalue weighted by molar-refractivity contribution is 6.01. The molecule has 0 spiro atoms. The Morgan fingerprint density at radius 3 is 2.32 bits per heavy atom. The molecule has 0 N–H and O–H groups in total. The summed E-state index contributed by atoms with van der Waals surface area (Å²) < 4.78 is 24.1. The molecule has 2 heterocycles. The summed E-state index contributed by atoms with van der Waals surface area (Å²) in [5.74, 6) is 2.79. The van der Waals surface area contributed by atoms with E-state index < -0.39 is 6.23 Å². The normalized spacial score (nSPS) is 17.8. The number of rotatable bonds is 7. The smallest absolute Gasteiger partial charge is 0.214 e. The van der Waals surface area contributed by atoms with E-state index in [0.29, 0.717) is 23.9 Å². The van der Waals surface area contributed by atoms with Crippen LogP contribution in [0.15, 0.2) is 102 Å². The van der Waals surface area contributed by atoms with Gasteiger partial charge in [0.05, 0.1) is 26.0 Å². The van der Waals surface area contributed by atoms with Gasteiger partial charge in [-0.25, -0.2) is 5.01 Å². The van der Waals surface area contributed by atoms with Crippen molar-refractivity contribution in [3.63, 3.8) is 0 Å². The molecule has 0 aromatic heterocycles. The highest BCUT2D eigenvalue weighted by Crippen LogP contribution is 2.51. The summed E-state index contributed by atoms with van der Waals surface area (Å²) in [7, 11) is 3.32. The van der Waals surface area contributed by atoms with E-state index in [2.05, 4.69) is 23.2 Å². The molecule has 2 aliphatic rings. The number of methoxy groups -OCH3 is 2. The van der Waals surface area contributed by atoms with Gasteiger partial charge in [-0.1, -0.05) is 72.8 Å². The van der Waals surface area contributed by atoms with Crippen molar-refractivity contribution in [1.29, 1.82) is 0 Å². The first kappa shape index (κ1) is 23.0. The summed E-state index contributed by atoms with van der Waals surface area (Å²) in [5.41, 5.74) is 5.23. The van der Waals surface area contributed by atoms with Crippen molar-refractivity contribution >= 4 is 5.71 Å². The lowest BCUT2D eigenvalue weighted by Crippen LogP contribution is -2.33. The first-order valence-corrected chi connectivity index (χ1v) is 12.3. The van der Waals surface area contributed by atoms with Gasteiger partial charge < -0.3 is 18.9 Å². The second-order valence-corrected chi connectivity index (χ2v) is 9.05. The summed E-state index contributed by atoms with van der Waals surface area (Å²) in [4.78, 5) is 0. The Balaban J connectivity index is 1.36. The number of para-hydroxylation sites is 1. The summed E-state index contributed by atoms with van der Waals surface area (Å²) in [6, 6.07) is 32.3. The first-order chi connectivity index (χ1) is 18.2. The summed E-state index contributed by atoms with van der Waals surface area (Å²) in [6.07, 6.45) is 0.325. The maximum Gasteiger partial charge on any atom is 0.214 e. The van der Waals surface area contributed by atoms with Crippen LogP contribution in [0, 0.1) is 0 Å². The Hall–Kier alpha value is -4.45. The van der Waals surface area contributed by atoms with Crippen molar-refractivity contribution in [2.75, 3.05) is 14.2 Å². The van der Waals surface area contributed by atoms with Gasteiger partial charge in [0.15, 0.2) is 23.0 Å². The summed E-state index contributed by atoms with van der Waals surface area (Å²) >= 11 is 0.